The molecule has 0 radical (unpaired) electrons. The Labute approximate surface area is 228 Å². The van der Waals surface area contributed by atoms with Gasteiger partial charge < -0.3 is 24.4 Å². The highest BCUT2D eigenvalue weighted by atomic mass is 19.3. The highest BCUT2D eigenvalue weighted by molar-refractivity contribution is 5.91. The second-order valence-corrected chi connectivity index (χ2v) is 9.82. The van der Waals surface area contributed by atoms with Crippen molar-refractivity contribution in [3.63, 3.8) is 0 Å². The van der Waals surface area contributed by atoms with Crippen molar-refractivity contribution in [2.45, 2.75) is 57.7 Å². The molecule has 2 aliphatic rings. The molecule has 0 bridgehead atoms. The van der Waals surface area contributed by atoms with E-state index in [1.807, 2.05) is 0 Å². The molecule has 2 unspecified atom stereocenters. The predicted octanol–water partition coefficient (Wildman–Crippen LogP) is 4.48. The molecule has 0 spiro atoms. The number of rotatable bonds is 11. The van der Waals surface area contributed by atoms with Crippen molar-refractivity contribution in [2.75, 3.05) is 19.8 Å². The zero-order valence-corrected chi connectivity index (χ0v) is 22.0. The van der Waals surface area contributed by atoms with Crippen LogP contribution >= 0.6 is 0 Å². The summed E-state index contributed by atoms with van der Waals surface area (Å²) in [7, 11) is 0. The molecule has 1 N–H and O–H groups in total. The number of carbonyl (C=O) groups excluding carboxylic acids is 3. The van der Waals surface area contributed by atoms with Crippen molar-refractivity contribution >= 4 is 17.8 Å². The van der Waals surface area contributed by atoms with Crippen molar-refractivity contribution in [1.82, 2.24) is 10.2 Å². The third-order valence-corrected chi connectivity index (χ3v) is 6.92. The van der Waals surface area contributed by atoms with Gasteiger partial charge >= 0.3 is 12.6 Å². The molecular formula is C28H30F4N2O6. The maximum absolute atomic E-state index is 14.6. The van der Waals surface area contributed by atoms with Crippen LogP contribution in [-0.4, -0.2) is 55.1 Å². The first-order chi connectivity index (χ1) is 19.1. The van der Waals surface area contributed by atoms with Crippen molar-refractivity contribution in [3.05, 3.63) is 59.2 Å². The van der Waals surface area contributed by atoms with Gasteiger partial charge in [-0.3, -0.25) is 9.59 Å². The molecule has 8 nitrogen and oxygen atoms in total. The van der Waals surface area contributed by atoms with E-state index < -0.39 is 48.1 Å². The summed E-state index contributed by atoms with van der Waals surface area (Å²) >= 11 is 0. The Bertz CT molecular complexity index is 1260. The third-order valence-electron chi connectivity index (χ3n) is 6.92. The molecule has 1 heterocycles. The molecule has 3 atom stereocenters. The van der Waals surface area contributed by atoms with Gasteiger partial charge in [0.05, 0.1) is 13.2 Å². The van der Waals surface area contributed by atoms with Crippen molar-refractivity contribution in [1.29, 1.82) is 0 Å². The third kappa shape index (κ3) is 7.02. The van der Waals surface area contributed by atoms with Crippen molar-refractivity contribution in [2.24, 2.45) is 5.92 Å². The van der Waals surface area contributed by atoms with Crippen LogP contribution in [0.3, 0.4) is 0 Å². The van der Waals surface area contributed by atoms with Gasteiger partial charge in [0.2, 0.25) is 11.8 Å². The zero-order chi connectivity index (χ0) is 29.0. The number of amides is 2. The van der Waals surface area contributed by atoms with Crippen LogP contribution in [0.1, 0.15) is 56.2 Å². The van der Waals surface area contributed by atoms with Gasteiger partial charge in [0.1, 0.15) is 17.7 Å². The van der Waals surface area contributed by atoms with Crippen molar-refractivity contribution < 1.29 is 46.2 Å². The van der Waals surface area contributed by atoms with E-state index in [-0.39, 0.29) is 42.6 Å². The number of carbonyl (C=O) groups is 3. The van der Waals surface area contributed by atoms with Crippen LogP contribution < -0.4 is 14.8 Å². The Morgan fingerprint density at radius 3 is 2.45 bits per heavy atom. The molecule has 12 heteroatoms. The Morgan fingerprint density at radius 1 is 1.07 bits per heavy atom. The minimum absolute atomic E-state index is 0.0461. The second-order valence-electron chi connectivity index (χ2n) is 9.82. The van der Waals surface area contributed by atoms with Gasteiger partial charge in [-0.15, -0.1) is 0 Å². The summed E-state index contributed by atoms with van der Waals surface area (Å²) in [6.07, 6.45) is 2.11. The summed E-state index contributed by atoms with van der Waals surface area (Å²) in [5.41, 5.74) is 0.352. The highest BCUT2D eigenvalue weighted by Crippen LogP contribution is 2.39. The quantitative estimate of drug-likeness (QED) is 0.319. The van der Waals surface area contributed by atoms with Crippen LogP contribution in [0.25, 0.3) is 0 Å². The van der Waals surface area contributed by atoms with Crippen LogP contribution in [0, 0.1) is 17.6 Å². The smallest absolute Gasteiger partial charge is 0.387 e. The number of ether oxygens (including phenoxy) is 3. The number of hydrogen-bond acceptors (Lipinski definition) is 6. The van der Waals surface area contributed by atoms with Gasteiger partial charge in [-0.25, -0.2) is 13.6 Å². The largest absolute Gasteiger partial charge is 0.489 e. The number of halogens is 4. The molecular weight excluding hydrogens is 536 g/mol. The molecule has 2 aromatic rings. The number of nitrogens with one attached hydrogen (secondary N) is 1. The first kappa shape index (κ1) is 29.2. The van der Waals surface area contributed by atoms with Gasteiger partial charge in [0.25, 0.3) is 0 Å². The van der Waals surface area contributed by atoms with E-state index in [0.29, 0.717) is 24.2 Å². The Morgan fingerprint density at radius 2 is 1.82 bits per heavy atom. The standard InChI is InChI=1S/C28H30F4N2O6/c1-3-38-27(37)25(20-8-7-19(29)12-21(20)30)33-26(36)22-10-18(13-34(22)15(2)35)17-6-9-23(40-28(31)32)24(11-17)39-14-16-4-5-16/h6-9,11-12,16,18,22,25,28H,3-5,10,13-14H2,1-2H3,(H,33,36)/t18?,22-,25?/m1/s1. The Kier molecular flexibility index (Phi) is 9.16. The second kappa shape index (κ2) is 12.6. The molecule has 1 aliphatic heterocycles. The fourth-order valence-corrected chi connectivity index (χ4v) is 4.71. The van der Waals surface area contributed by atoms with E-state index in [4.69, 9.17) is 9.47 Å². The lowest BCUT2D eigenvalue weighted by Gasteiger charge is -2.25. The Hall–Kier alpha value is -3.83. The lowest BCUT2D eigenvalue weighted by atomic mass is 9.95. The topological polar surface area (TPSA) is 94.2 Å². The molecule has 1 saturated heterocycles. The van der Waals surface area contributed by atoms with E-state index >= 15 is 0 Å². The summed E-state index contributed by atoms with van der Waals surface area (Å²) in [6.45, 7) is 0.217. The molecule has 0 aromatic heterocycles. The Balaban J connectivity index is 1.56. The van der Waals surface area contributed by atoms with Crippen LogP contribution in [0.5, 0.6) is 11.5 Å². The number of hydrogen-bond donors (Lipinski definition) is 1. The van der Waals surface area contributed by atoms with Crippen molar-refractivity contribution in [3.8, 4) is 11.5 Å². The number of esters is 1. The first-order valence-electron chi connectivity index (χ1n) is 13.0. The van der Waals surface area contributed by atoms with Gasteiger partial charge in [-0.1, -0.05) is 12.1 Å². The van der Waals surface area contributed by atoms with Gasteiger partial charge in [-0.2, -0.15) is 8.78 Å². The van der Waals surface area contributed by atoms with Gasteiger partial charge in [0, 0.05) is 31.0 Å². The van der Waals surface area contributed by atoms with E-state index in [2.05, 4.69) is 10.1 Å². The lowest BCUT2D eigenvalue weighted by molar-refractivity contribution is -0.148. The van der Waals surface area contributed by atoms with E-state index in [9.17, 15) is 31.9 Å². The van der Waals surface area contributed by atoms with Crippen LogP contribution in [0.4, 0.5) is 17.6 Å². The van der Waals surface area contributed by atoms with E-state index in [1.54, 1.807) is 12.1 Å². The van der Waals surface area contributed by atoms with E-state index in [1.165, 1.54) is 24.8 Å². The fourth-order valence-electron chi connectivity index (χ4n) is 4.71. The maximum atomic E-state index is 14.6. The lowest BCUT2D eigenvalue weighted by Crippen LogP contribution is -2.47. The van der Waals surface area contributed by atoms with Gasteiger partial charge in [0.15, 0.2) is 17.5 Å². The first-order valence-corrected chi connectivity index (χ1v) is 13.0. The summed E-state index contributed by atoms with van der Waals surface area (Å²) in [5, 5.41) is 2.46. The molecule has 40 heavy (non-hydrogen) atoms. The minimum atomic E-state index is -3.04. The number of nitrogens with zero attached hydrogens (tertiary/aromatic N) is 1. The summed E-state index contributed by atoms with van der Waals surface area (Å²) in [4.78, 5) is 39.8. The number of likely N-dealkylation sites (tertiary alicyclic amines) is 1. The van der Waals surface area contributed by atoms with E-state index in [0.717, 1.165) is 25.0 Å². The average Bonchev–Trinajstić information content (AvgIpc) is 3.61. The summed E-state index contributed by atoms with van der Waals surface area (Å²) in [5.74, 6) is -4.00. The molecule has 1 saturated carbocycles. The normalized spacial score (nSPS) is 19.3. The number of benzene rings is 2. The highest BCUT2D eigenvalue weighted by Gasteiger charge is 2.41. The van der Waals surface area contributed by atoms with Gasteiger partial charge in [-0.05, 0) is 55.9 Å². The molecule has 216 valence electrons. The molecule has 4 rings (SSSR count). The monoisotopic (exact) mass is 566 g/mol. The molecule has 2 fully saturated rings. The fraction of sp³-hybridized carbons (Fsp3) is 0.464. The van der Waals surface area contributed by atoms with Crippen LogP contribution in [0.15, 0.2) is 36.4 Å². The SMILES string of the molecule is CCOC(=O)C(NC(=O)[C@H]1CC(c2ccc(OC(F)F)c(OCC3CC3)c2)CN1C(C)=O)c1ccc(F)cc1F. The molecule has 2 amide bonds. The predicted molar refractivity (Wildman–Crippen MR) is 134 cm³/mol. The average molecular weight is 567 g/mol. The molecule has 2 aromatic carbocycles. The number of alkyl halides is 2. The molecule has 1 aliphatic carbocycles. The maximum Gasteiger partial charge on any atom is 0.387 e. The minimum Gasteiger partial charge on any atom is -0.489 e. The van der Waals surface area contributed by atoms with Crippen LogP contribution in [-0.2, 0) is 19.1 Å². The summed E-state index contributed by atoms with van der Waals surface area (Å²) < 4.78 is 69.2. The zero-order valence-electron chi connectivity index (χ0n) is 22.0. The van der Waals surface area contributed by atoms with Crippen LogP contribution in [0.2, 0.25) is 0 Å². The summed E-state index contributed by atoms with van der Waals surface area (Å²) in [6, 6.07) is 4.48.